The van der Waals surface area contributed by atoms with Gasteiger partial charge in [-0.15, -0.1) is 0 Å². The number of hydrogen-bond donors (Lipinski definition) is 1. The van der Waals surface area contributed by atoms with E-state index in [1.807, 2.05) is 24.3 Å². The summed E-state index contributed by atoms with van der Waals surface area (Å²) in [6, 6.07) is 12.5. The molecule has 26 heavy (non-hydrogen) atoms. The van der Waals surface area contributed by atoms with E-state index in [0.29, 0.717) is 24.3 Å². The van der Waals surface area contributed by atoms with Crippen LogP contribution in [0, 0.1) is 6.92 Å². The molecular formula is C19H23BrN2O3S. The molecule has 140 valence electrons. The van der Waals surface area contributed by atoms with Crippen molar-refractivity contribution in [2.75, 3.05) is 18.4 Å². The lowest BCUT2D eigenvalue weighted by Crippen LogP contribution is -2.31. The highest BCUT2D eigenvalue weighted by molar-refractivity contribution is 9.10. The summed E-state index contributed by atoms with van der Waals surface area (Å²) >= 11 is 3.36. The number of carbonyl (C=O) groups excluding carboxylic acids is 1. The number of hydrogen-bond acceptors (Lipinski definition) is 3. The molecule has 0 radical (unpaired) electrons. The Kier molecular flexibility index (Phi) is 6.97. The normalized spacial score (nSPS) is 11.6. The Bertz CT molecular complexity index is 876. The first-order chi connectivity index (χ1) is 12.3. The van der Waals surface area contributed by atoms with Crippen molar-refractivity contribution in [3.63, 3.8) is 0 Å². The summed E-state index contributed by atoms with van der Waals surface area (Å²) < 4.78 is 27.9. The molecular weight excluding hydrogens is 416 g/mol. The quantitative estimate of drug-likeness (QED) is 0.710. The molecule has 2 aromatic rings. The van der Waals surface area contributed by atoms with Gasteiger partial charge >= 0.3 is 0 Å². The molecule has 0 aliphatic heterocycles. The van der Waals surface area contributed by atoms with Gasteiger partial charge in [0, 0.05) is 23.2 Å². The lowest BCUT2D eigenvalue weighted by Gasteiger charge is -2.20. The van der Waals surface area contributed by atoms with Crippen LogP contribution in [-0.2, 0) is 21.2 Å². The molecule has 7 heteroatoms. The molecule has 0 saturated heterocycles. The molecule has 0 aliphatic rings. The minimum absolute atomic E-state index is 0.192. The first-order valence-electron chi connectivity index (χ1n) is 8.43. The van der Waals surface area contributed by atoms with E-state index >= 15 is 0 Å². The zero-order valence-corrected chi connectivity index (χ0v) is 17.5. The average Bonchev–Trinajstić information content (AvgIpc) is 2.59. The highest BCUT2D eigenvalue weighted by atomic mass is 79.9. The van der Waals surface area contributed by atoms with E-state index in [-0.39, 0.29) is 17.2 Å². The maximum absolute atomic E-state index is 12.8. The van der Waals surface area contributed by atoms with Gasteiger partial charge in [0.1, 0.15) is 0 Å². The Hall–Kier alpha value is -1.70. The average molecular weight is 439 g/mol. The summed E-state index contributed by atoms with van der Waals surface area (Å²) in [6.45, 7) is 6.17. The molecule has 0 heterocycles. The van der Waals surface area contributed by atoms with Gasteiger partial charge in [-0.25, -0.2) is 8.42 Å². The molecule has 0 spiro atoms. The molecule has 2 aromatic carbocycles. The molecule has 0 fully saturated rings. The molecule has 5 nitrogen and oxygen atoms in total. The number of nitrogens with one attached hydrogen (secondary N) is 1. The van der Waals surface area contributed by atoms with E-state index < -0.39 is 10.0 Å². The van der Waals surface area contributed by atoms with E-state index in [1.54, 1.807) is 32.9 Å². The van der Waals surface area contributed by atoms with Gasteiger partial charge in [0.25, 0.3) is 0 Å². The van der Waals surface area contributed by atoms with Crippen LogP contribution in [0.15, 0.2) is 51.8 Å². The van der Waals surface area contributed by atoms with Gasteiger partial charge in [-0.2, -0.15) is 4.31 Å². The molecule has 0 aromatic heterocycles. The van der Waals surface area contributed by atoms with Crippen molar-refractivity contribution in [1.82, 2.24) is 4.31 Å². The number of sulfonamides is 1. The molecule has 0 atom stereocenters. The van der Waals surface area contributed by atoms with E-state index in [2.05, 4.69) is 21.2 Å². The van der Waals surface area contributed by atoms with Crippen LogP contribution >= 0.6 is 15.9 Å². The molecule has 0 unspecified atom stereocenters. The van der Waals surface area contributed by atoms with E-state index in [9.17, 15) is 13.2 Å². The summed E-state index contributed by atoms with van der Waals surface area (Å²) in [5.74, 6) is -0.192. The monoisotopic (exact) mass is 438 g/mol. The first kappa shape index (κ1) is 20.6. The zero-order chi connectivity index (χ0) is 19.3. The van der Waals surface area contributed by atoms with E-state index in [4.69, 9.17) is 0 Å². The topological polar surface area (TPSA) is 66.5 Å². The SMILES string of the molecule is CCN(CC)S(=O)(=O)c1cc(NC(=O)Cc2ccc(Br)cc2)ccc1C. The molecule has 1 amide bonds. The number of carbonyl (C=O) groups is 1. The first-order valence-corrected chi connectivity index (χ1v) is 10.7. The summed E-state index contributed by atoms with van der Waals surface area (Å²) in [5.41, 5.74) is 2.01. The number of aryl methyl sites for hydroxylation is 1. The molecule has 2 rings (SSSR count). The third-order valence-electron chi connectivity index (χ3n) is 4.07. The Morgan fingerprint density at radius 3 is 2.27 bits per heavy atom. The number of nitrogens with zero attached hydrogens (tertiary/aromatic N) is 1. The van der Waals surface area contributed by atoms with Crippen molar-refractivity contribution < 1.29 is 13.2 Å². The number of anilines is 1. The molecule has 0 aliphatic carbocycles. The van der Waals surface area contributed by atoms with Crippen LogP contribution < -0.4 is 5.32 Å². The second kappa shape index (κ2) is 8.79. The van der Waals surface area contributed by atoms with Crippen molar-refractivity contribution in [3.8, 4) is 0 Å². The highest BCUT2D eigenvalue weighted by Gasteiger charge is 2.24. The number of rotatable bonds is 7. The Morgan fingerprint density at radius 1 is 1.08 bits per heavy atom. The lowest BCUT2D eigenvalue weighted by atomic mass is 10.1. The van der Waals surface area contributed by atoms with Gasteiger partial charge in [-0.05, 0) is 42.3 Å². The molecule has 0 bridgehead atoms. The van der Waals surface area contributed by atoms with Crippen LogP contribution in [0.3, 0.4) is 0 Å². The van der Waals surface area contributed by atoms with Crippen molar-refractivity contribution in [3.05, 3.63) is 58.1 Å². The summed E-state index contributed by atoms with van der Waals surface area (Å²) in [5, 5.41) is 2.79. The van der Waals surface area contributed by atoms with Crippen LogP contribution in [0.4, 0.5) is 5.69 Å². The van der Waals surface area contributed by atoms with Gasteiger partial charge in [-0.1, -0.05) is 48.0 Å². The van der Waals surface area contributed by atoms with Gasteiger partial charge in [0.05, 0.1) is 11.3 Å². The smallest absolute Gasteiger partial charge is 0.243 e. The third-order valence-corrected chi connectivity index (χ3v) is 6.79. The van der Waals surface area contributed by atoms with Crippen molar-refractivity contribution in [2.24, 2.45) is 0 Å². The maximum Gasteiger partial charge on any atom is 0.243 e. The van der Waals surface area contributed by atoms with Crippen molar-refractivity contribution >= 4 is 37.5 Å². The summed E-state index contributed by atoms with van der Waals surface area (Å²) in [6.07, 6.45) is 0.222. The Labute approximate surface area is 163 Å². The summed E-state index contributed by atoms with van der Waals surface area (Å²) in [7, 11) is -3.58. The number of amides is 1. The van der Waals surface area contributed by atoms with Crippen LogP contribution in [0.2, 0.25) is 0 Å². The second-order valence-electron chi connectivity index (χ2n) is 5.92. The maximum atomic E-state index is 12.8. The van der Waals surface area contributed by atoms with Crippen molar-refractivity contribution in [2.45, 2.75) is 32.1 Å². The van der Waals surface area contributed by atoms with Crippen molar-refractivity contribution in [1.29, 1.82) is 0 Å². The number of halogens is 1. The van der Waals surface area contributed by atoms with Crippen LogP contribution in [0.25, 0.3) is 0 Å². The largest absolute Gasteiger partial charge is 0.326 e. The Morgan fingerprint density at radius 2 is 1.69 bits per heavy atom. The van der Waals surface area contributed by atoms with Gasteiger partial charge < -0.3 is 5.32 Å². The minimum Gasteiger partial charge on any atom is -0.326 e. The fourth-order valence-electron chi connectivity index (χ4n) is 2.65. The van der Waals surface area contributed by atoms with Gasteiger partial charge in [0.15, 0.2) is 0 Å². The minimum atomic E-state index is -3.58. The third kappa shape index (κ3) is 4.93. The second-order valence-corrected chi connectivity index (χ2v) is 8.74. The highest BCUT2D eigenvalue weighted by Crippen LogP contribution is 2.24. The molecule has 0 saturated carbocycles. The lowest BCUT2D eigenvalue weighted by molar-refractivity contribution is -0.115. The van der Waals surface area contributed by atoms with Crippen LogP contribution in [-0.4, -0.2) is 31.7 Å². The number of benzene rings is 2. The standard InChI is InChI=1S/C19H23BrN2O3S/c1-4-22(5-2)26(24,25)18-13-17(11-6-14(18)3)21-19(23)12-15-7-9-16(20)10-8-15/h6-11,13H,4-5,12H2,1-3H3,(H,21,23). The van der Waals surface area contributed by atoms with Crippen LogP contribution in [0.5, 0.6) is 0 Å². The van der Waals surface area contributed by atoms with Crippen LogP contribution in [0.1, 0.15) is 25.0 Å². The van der Waals surface area contributed by atoms with E-state index in [0.717, 1.165) is 10.0 Å². The zero-order valence-electron chi connectivity index (χ0n) is 15.1. The van der Waals surface area contributed by atoms with Gasteiger partial charge in [-0.3, -0.25) is 4.79 Å². The van der Waals surface area contributed by atoms with E-state index in [1.165, 1.54) is 10.4 Å². The molecule has 1 N–H and O–H groups in total. The van der Waals surface area contributed by atoms with Gasteiger partial charge in [0.2, 0.25) is 15.9 Å². The summed E-state index contributed by atoms with van der Waals surface area (Å²) in [4.78, 5) is 12.5. The predicted octanol–water partition coefficient (Wildman–Crippen LogP) is 3.97. The fourth-order valence-corrected chi connectivity index (χ4v) is 4.62. The Balaban J connectivity index is 2.21. The predicted molar refractivity (Wildman–Crippen MR) is 108 cm³/mol. The fraction of sp³-hybridized carbons (Fsp3) is 0.316.